The highest BCUT2D eigenvalue weighted by Crippen LogP contribution is 2.24. The first-order chi connectivity index (χ1) is 15.4. The largest absolute Gasteiger partial charge is 0.481 e. The molecule has 7 nitrogen and oxygen atoms in total. The predicted molar refractivity (Wildman–Crippen MR) is 118 cm³/mol. The number of benzene rings is 2. The summed E-state index contributed by atoms with van der Waals surface area (Å²) in [6, 6.07) is 14.7. The molecule has 1 heterocycles. The second-order valence-corrected chi connectivity index (χ2v) is 8.95. The molecule has 0 saturated carbocycles. The first-order valence-electron chi connectivity index (χ1n) is 10.3. The number of ether oxygens (including phenoxy) is 1. The fourth-order valence-electron chi connectivity index (χ4n) is 3.44. The van der Waals surface area contributed by atoms with Gasteiger partial charge >= 0.3 is 16.1 Å². The Hall–Kier alpha value is -3.31. The van der Waals surface area contributed by atoms with Crippen molar-refractivity contribution < 1.29 is 26.9 Å². The minimum atomic E-state index is -4.21. The highest BCUT2D eigenvalue weighted by molar-refractivity contribution is 7.87. The third kappa shape index (κ3) is 6.34. The van der Waals surface area contributed by atoms with Crippen LogP contribution in [0.5, 0.6) is 5.75 Å². The minimum absolute atomic E-state index is 0.0104. The average molecular weight is 456 g/mol. The van der Waals surface area contributed by atoms with Crippen molar-refractivity contribution in [2.24, 2.45) is 5.92 Å². The summed E-state index contributed by atoms with van der Waals surface area (Å²) in [7, 11) is -4.21. The Balaban J connectivity index is 1.49. The van der Waals surface area contributed by atoms with Crippen molar-refractivity contribution >= 4 is 22.0 Å². The molecule has 1 saturated heterocycles. The highest BCUT2D eigenvalue weighted by Gasteiger charge is 2.27. The maximum absolute atomic E-state index is 12.5. The van der Waals surface area contributed by atoms with E-state index < -0.39 is 16.1 Å². The molecule has 1 aliphatic heterocycles. The average Bonchev–Trinajstić information content (AvgIpc) is 2.80. The monoisotopic (exact) mass is 455 g/mol. The molecule has 0 aliphatic carbocycles. The van der Waals surface area contributed by atoms with Crippen LogP contribution in [0.15, 0.2) is 59.5 Å². The van der Waals surface area contributed by atoms with E-state index in [2.05, 4.69) is 11.8 Å². The quantitative estimate of drug-likeness (QED) is 0.470. The van der Waals surface area contributed by atoms with Crippen LogP contribution in [0.25, 0.3) is 0 Å². The Morgan fingerprint density at radius 3 is 2.31 bits per heavy atom. The number of carbonyl (C=O) groups is 2. The van der Waals surface area contributed by atoms with Crippen molar-refractivity contribution in [2.45, 2.75) is 31.1 Å². The van der Waals surface area contributed by atoms with Crippen LogP contribution in [0.1, 0.15) is 36.5 Å². The van der Waals surface area contributed by atoms with Gasteiger partial charge in [0, 0.05) is 25.1 Å². The van der Waals surface area contributed by atoms with E-state index in [1.165, 1.54) is 24.3 Å². The van der Waals surface area contributed by atoms with Crippen LogP contribution in [-0.2, 0) is 19.1 Å². The normalized spacial score (nSPS) is 14.2. The van der Waals surface area contributed by atoms with Crippen molar-refractivity contribution in [1.29, 1.82) is 0 Å². The van der Waals surface area contributed by atoms with Gasteiger partial charge in [-0.05, 0) is 62.1 Å². The number of hydrogen-bond acceptors (Lipinski definition) is 6. The lowest BCUT2D eigenvalue weighted by Gasteiger charge is -2.31. The molecule has 0 atom stereocenters. The summed E-state index contributed by atoms with van der Waals surface area (Å²) in [5.41, 5.74) is 0.631. The number of piperidine rings is 1. The van der Waals surface area contributed by atoms with E-state index in [9.17, 15) is 18.0 Å². The Bertz CT molecular complexity index is 1090. The fraction of sp³-hybridized carbons (Fsp3) is 0.333. The minimum Gasteiger partial charge on any atom is -0.481 e. The van der Waals surface area contributed by atoms with Gasteiger partial charge in [0.15, 0.2) is 0 Å². The van der Waals surface area contributed by atoms with Crippen LogP contribution < -0.4 is 4.74 Å². The van der Waals surface area contributed by atoms with Gasteiger partial charge in [0.05, 0.1) is 0 Å². The molecule has 0 spiro atoms. The van der Waals surface area contributed by atoms with Gasteiger partial charge in [-0.2, -0.15) is 8.42 Å². The summed E-state index contributed by atoms with van der Waals surface area (Å²) in [6.45, 7) is 2.93. The summed E-state index contributed by atoms with van der Waals surface area (Å²) in [4.78, 5) is 26.4. The molecule has 1 aliphatic rings. The molecule has 168 valence electrons. The topological polar surface area (TPSA) is 90.0 Å². The molecule has 0 bridgehead atoms. The van der Waals surface area contributed by atoms with Gasteiger partial charge < -0.3 is 13.8 Å². The number of amides is 1. The zero-order valence-electron chi connectivity index (χ0n) is 17.8. The van der Waals surface area contributed by atoms with E-state index in [4.69, 9.17) is 8.92 Å². The zero-order valence-corrected chi connectivity index (χ0v) is 18.6. The van der Waals surface area contributed by atoms with E-state index in [1.807, 2.05) is 18.2 Å². The molecule has 1 fully saturated rings. The van der Waals surface area contributed by atoms with Gasteiger partial charge in [0.25, 0.3) is 5.91 Å². The Kier molecular flexibility index (Phi) is 7.90. The molecule has 32 heavy (non-hydrogen) atoms. The van der Waals surface area contributed by atoms with Crippen molar-refractivity contribution in [3.8, 4) is 17.6 Å². The summed E-state index contributed by atoms with van der Waals surface area (Å²) >= 11 is 0. The number of nitrogens with zero attached hydrogens (tertiary/aromatic N) is 1. The SMILES string of the molecule is CC#CCOc1ccc(S(=O)(=O)OC(=O)CC2CCN(C(=O)c3ccccc3)CC2)cc1. The molecule has 0 radical (unpaired) electrons. The molecule has 2 aromatic rings. The van der Waals surface area contributed by atoms with Crippen molar-refractivity contribution in [3.05, 3.63) is 60.2 Å². The number of likely N-dealkylation sites (tertiary alicyclic amines) is 1. The third-order valence-electron chi connectivity index (χ3n) is 5.18. The molecule has 3 rings (SSSR count). The summed E-state index contributed by atoms with van der Waals surface area (Å²) < 4.78 is 34.9. The van der Waals surface area contributed by atoms with E-state index >= 15 is 0 Å². The molecule has 1 amide bonds. The van der Waals surface area contributed by atoms with E-state index in [-0.39, 0.29) is 29.7 Å². The van der Waals surface area contributed by atoms with Gasteiger partial charge in [-0.1, -0.05) is 24.1 Å². The highest BCUT2D eigenvalue weighted by atomic mass is 32.2. The van der Waals surface area contributed by atoms with Gasteiger partial charge in [0.2, 0.25) is 0 Å². The zero-order chi connectivity index (χ0) is 23.0. The number of carbonyl (C=O) groups excluding carboxylic acids is 2. The summed E-state index contributed by atoms with van der Waals surface area (Å²) in [5, 5.41) is 0. The van der Waals surface area contributed by atoms with Gasteiger partial charge in [-0.15, -0.1) is 5.92 Å². The van der Waals surface area contributed by atoms with Crippen molar-refractivity contribution in [2.75, 3.05) is 19.7 Å². The summed E-state index contributed by atoms with van der Waals surface area (Å²) in [6.07, 6.45) is 1.21. The van der Waals surface area contributed by atoms with E-state index in [0.29, 0.717) is 37.2 Å². The van der Waals surface area contributed by atoms with Crippen LogP contribution in [0.4, 0.5) is 0 Å². The lowest BCUT2D eigenvalue weighted by Crippen LogP contribution is -2.39. The lowest BCUT2D eigenvalue weighted by molar-refractivity contribution is -0.135. The molecule has 0 N–H and O–H groups in total. The second kappa shape index (κ2) is 10.8. The van der Waals surface area contributed by atoms with Crippen LogP contribution in [-0.4, -0.2) is 44.9 Å². The van der Waals surface area contributed by atoms with Crippen molar-refractivity contribution in [1.82, 2.24) is 4.90 Å². The maximum Gasteiger partial charge on any atom is 0.341 e. The fourth-order valence-corrected chi connectivity index (χ4v) is 4.32. The van der Waals surface area contributed by atoms with Crippen LogP contribution >= 0.6 is 0 Å². The van der Waals surface area contributed by atoms with Crippen LogP contribution in [0.2, 0.25) is 0 Å². The predicted octanol–water partition coefficient (Wildman–Crippen LogP) is 3.26. The van der Waals surface area contributed by atoms with Gasteiger partial charge in [-0.3, -0.25) is 9.59 Å². The first-order valence-corrected chi connectivity index (χ1v) is 11.7. The molecule has 2 aromatic carbocycles. The van der Waals surface area contributed by atoms with Crippen LogP contribution in [0, 0.1) is 17.8 Å². The Morgan fingerprint density at radius 2 is 1.69 bits per heavy atom. The van der Waals surface area contributed by atoms with Crippen molar-refractivity contribution in [3.63, 3.8) is 0 Å². The summed E-state index contributed by atoms with van der Waals surface area (Å²) in [5.74, 6) is 5.04. The maximum atomic E-state index is 12.5. The number of rotatable bonds is 7. The van der Waals surface area contributed by atoms with Gasteiger partial charge in [0.1, 0.15) is 17.3 Å². The smallest absolute Gasteiger partial charge is 0.341 e. The van der Waals surface area contributed by atoms with E-state index in [0.717, 1.165) is 0 Å². The van der Waals surface area contributed by atoms with Crippen LogP contribution in [0.3, 0.4) is 0 Å². The molecular formula is C24H25NO6S. The first kappa shape index (κ1) is 23.4. The second-order valence-electron chi connectivity index (χ2n) is 7.40. The molecular weight excluding hydrogens is 430 g/mol. The van der Waals surface area contributed by atoms with Gasteiger partial charge in [-0.25, -0.2) is 0 Å². The Morgan fingerprint density at radius 1 is 1.03 bits per heavy atom. The molecule has 0 aromatic heterocycles. The third-order valence-corrected chi connectivity index (χ3v) is 6.44. The van der Waals surface area contributed by atoms with E-state index in [1.54, 1.807) is 24.0 Å². The Labute approximate surface area is 188 Å². The molecule has 0 unspecified atom stereocenters. The molecule has 8 heteroatoms. The standard InChI is InChI=1S/C24H25NO6S/c1-2-3-17-30-21-9-11-22(12-10-21)32(28,29)31-23(26)18-19-13-15-25(16-14-19)24(27)20-7-5-4-6-8-20/h4-12,19H,13-18H2,1H3. The lowest BCUT2D eigenvalue weighted by atomic mass is 9.93. The number of hydrogen-bond donors (Lipinski definition) is 0.